The minimum absolute atomic E-state index is 0. The van der Waals surface area contributed by atoms with Crippen molar-refractivity contribution in [1.82, 2.24) is 0 Å². The fourth-order valence-electron chi connectivity index (χ4n) is 0.805. The summed E-state index contributed by atoms with van der Waals surface area (Å²) in [5.41, 5.74) is 0. The van der Waals surface area contributed by atoms with E-state index in [1.807, 2.05) is 0 Å². The van der Waals surface area contributed by atoms with Gasteiger partial charge in [-0.25, -0.2) is 21.2 Å². The van der Waals surface area contributed by atoms with Gasteiger partial charge in [-0.3, -0.25) is 0 Å². The van der Waals surface area contributed by atoms with Crippen LogP contribution in [0.3, 0.4) is 0 Å². The Balaban J connectivity index is -0.00000180. The van der Waals surface area contributed by atoms with Crippen LogP contribution in [0, 0.1) is 0 Å². The zero-order chi connectivity index (χ0) is 17.0. The van der Waals surface area contributed by atoms with Gasteiger partial charge in [0.15, 0.2) is 20.2 Å². The Hall–Kier alpha value is 2.53. The van der Waals surface area contributed by atoms with Crippen molar-refractivity contribution >= 4 is 20.2 Å². The van der Waals surface area contributed by atoms with Crippen molar-refractivity contribution in [2.75, 3.05) is 0 Å². The number of hydrogen-bond donors (Lipinski definition) is 0. The Kier molecular flexibility index (Phi) is 10.7. The molecule has 0 amide bonds. The molecule has 0 unspecified atom stereocenters. The molecule has 22 heavy (non-hydrogen) atoms. The second-order valence-corrected chi connectivity index (χ2v) is 6.29. The van der Waals surface area contributed by atoms with E-state index in [2.05, 4.69) is 0 Å². The molecule has 0 N–H and O–H groups in total. The van der Waals surface area contributed by atoms with E-state index >= 15 is 0 Å². The van der Waals surface area contributed by atoms with E-state index in [0.29, 0.717) is 0 Å². The monoisotopic (exact) mass is 438 g/mol. The summed E-state index contributed by atoms with van der Waals surface area (Å²) in [6.45, 7) is 0. The van der Waals surface area contributed by atoms with E-state index in [1.54, 1.807) is 0 Å². The van der Waals surface area contributed by atoms with Crippen LogP contribution in [0.1, 0.15) is 0 Å². The molecule has 0 spiro atoms. The van der Waals surface area contributed by atoms with Gasteiger partial charge in [0.1, 0.15) is 0 Å². The van der Waals surface area contributed by atoms with Gasteiger partial charge in [0.25, 0.3) is 0 Å². The molecule has 0 aromatic rings. The summed E-state index contributed by atoms with van der Waals surface area (Å²) in [5.74, 6) is -15.4. The van der Waals surface area contributed by atoms with Gasteiger partial charge in [0.2, 0.25) is 0 Å². The van der Waals surface area contributed by atoms with Crippen molar-refractivity contribution in [2.45, 2.75) is 22.4 Å². The van der Waals surface area contributed by atoms with E-state index in [4.69, 9.17) is 0 Å². The predicted octanol–water partition coefficient (Wildman–Crippen LogP) is -5.46. The third-order valence-electron chi connectivity index (χ3n) is 1.77. The minimum Gasteiger partial charge on any atom is -0.745 e. The topological polar surface area (TPSA) is 114 Å². The maximum absolute atomic E-state index is 13.1. The van der Waals surface area contributed by atoms with Crippen LogP contribution < -0.4 is 103 Å². The largest absolute Gasteiger partial charge is 1.00 e. The summed E-state index contributed by atoms with van der Waals surface area (Å²) in [6.07, 6.45) is -7.36. The van der Waals surface area contributed by atoms with Crippen LogP contribution in [0.2, 0.25) is 0 Å². The minimum atomic E-state index is -7.77. The first kappa shape index (κ1) is 29.3. The average molecular weight is 438 g/mol. The summed E-state index contributed by atoms with van der Waals surface area (Å²) in [4.78, 5) is 0. The molecule has 0 aromatic heterocycles. The molecule has 6 nitrogen and oxygen atoms in total. The van der Waals surface area contributed by atoms with Crippen LogP contribution in [0.15, 0.2) is 0 Å². The van der Waals surface area contributed by atoms with Gasteiger partial charge in [0.05, 0.1) is 0 Å². The Bertz CT molecular complexity index is 565. The van der Waals surface area contributed by atoms with Crippen molar-refractivity contribution in [3.8, 4) is 0 Å². The molecule has 0 rings (SSSR count). The Labute approximate surface area is 202 Å². The zero-order valence-corrected chi connectivity index (χ0v) is 18.2. The van der Waals surface area contributed by atoms with E-state index in [9.17, 15) is 61.1 Å². The first-order valence-corrected chi connectivity index (χ1v) is 6.49. The van der Waals surface area contributed by atoms with Gasteiger partial charge >= 0.3 is 125 Å². The second-order valence-electron chi connectivity index (χ2n) is 3.09. The molecule has 0 aliphatic rings. The normalized spacial score (nSPS) is 14.8. The number of alkyl halides is 8. The average Bonchev–Trinajstić information content (AvgIpc) is 2.10. The molecule has 0 radical (unpaired) electrons. The Morgan fingerprint density at radius 2 is 0.818 bits per heavy atom. The first-order chi connectivity index (χ1) is 8.25. The van der Waals surface area contributed by atoms with E-state index < -0.39 is 42.6 Å². The molecule has 0 aliphatic carbocycles. The van der Waals surface area contributed by atoms with Gasteiger partial charge in [0, 0.05) is 0 Å². The number of halogens is 8. The van der Waals surface area contributed by atoms with Crippen molar-refractivity contribution in [1.29, 1.82) is 0 Å². The second kappa shape index (κ2) is 8.05. The molecule has 122 valence electrons. The molecule has 0 aliphatic heterocycles. The Morgan fingerprint density at radius 3 is 0.955 bits per heavy atom. The van der Waals surface area contributed by atoms with E-state index in [0.717, 1.165) is 0 Å². The van der Waals surface area contributed by atoms with Crippen LogP contribution in [0.25, 0.3) is 0 Å². The molecule has 0 atom stereocenters. The van der Waals surface area contributed by atoms with Crippen molar-refractivity contribution in [3.63, 3.8) is 0 Å². The van der Waals surface area contributed by atoms with Gasteiger partial charge in [-0.2, -0.15) is 30.7 Å². The maximum atomic E-state index is 13.1. The van der Waals surface area contributed by atoms with E-state index in [-0.39, 0.29) is 103 Å². The van der Waals surface area contributed by atoms with Crippen molar-refractivity contribution in [2.24, 2.45) is 0 Å². The fraction of sp³-hybridized carbons (Fsp3) is 1.00. The smallest absolute Gasteiger partial charge is 0.745 e. The first-order valence-electron chi connectivity index (χ1n) is 3.67. The third kappa shape index (κ3) is 4.62. The van der Waals surface area contributed by atoms with Gasteiger partial charge in [-0.05, 0) is 0 Å². The molecule has 0 saturated carbocycles. The fourth-order valence-corrected chi connectivity index (χ4v) is 2.69. The predicted molar refractivity (Wildman–Crippen MR) is 39.2 cm³/mol. The third-order valence-corrected chi connectivity index (χ3v) is 4.79. The zero-order valence-electron chi connectivity index (χ0n) is 10.3. The summed E-state index contributed by atoms with van der Waals surface area (Å²) >= 11 is 0. The van der Waals surface area contributed by atoms with Crippen LogP contribution in [0.5, 0.6) is 0 Å². The quantitative estimate of drug-likeness (QED) is 0.246. The standard InChI is InChI=1S/C4H2F8O6S2.2K/c5-1(6,3(9,10)11)2(7,8)4(12,19(13,14)15)20(16,17)18;;/h(H,13,14,15)(H,16,17,18);;/q;2*+1/p-2. The summed E-state index contributed by atoms with van der Waals surface area (Å²) in [6, 6.07) is 0. The molecular formula is C4F8K2O6S2. The molecular weight excluding hydrogens is 438 g/mol. The van der Waals surface area contributed by atoms with Gasteiger partial charge in [-0.1, -0.05) is 0 Å². The van der Waals surface area contributed by atoms with Crippen LogP contribution in [-0.2, 0) is 20.2 Å². The number of hydrogen-bond acceptors (Lipinski definition) is 6. The van der Waals surface area contributed by atoms with Gasteiger partial charge in [-0.15, -0.1) is 0 Å². The summed E-state index contributed by atoms with van der Waals surface area (Å²) in [7, 11) is -15.5. The molecule has 0 fully saturated rings. The van der Waals surface area contributed by atoms with Crippen LogP contribution in [0.4, 0.5) is 35.1 Å². The molecule has 0 saturated heterocycles. The van der Waals surface area contributed by atoms with Crippen LogP contribution in [-0.4, -0.2) is 48.3 Å². The van der Waals surface area contributed by atoms with E-state index in [1.165, 1.54) is 0 Å². The SMILES string of the molecule is O=S(=O)([O-])C(F)(C(F)(F)C(F)(F)C(F)(F)F)S(=O)(=O)[O-].[K+].[K+]. The van der Waals surface area contributed by atoms with Crippen molar-refractivity contribution < 1.29 is 164 Å². The summed E-state index contributed by atoms with van der Waals surface area (Å²) in [5, 5.41) is 0. The number of rotatable bonds is 4. The Morgan fingerprint density at radius 1 is 0.591 bits per heavy atom. The van der Waals surface area contributed by atoms with Crippen LogP contribution >= 0.6 is 0 Å². The maximum Gasteiger partial charge on any atom is 1.00 e. The molecule has 0 bridgehead atoms. The molecule has 18 heteroatoms. The summed E-state index contributed by atoms with van der Waals surface area (Å²) < 4.78 is 151. The van der Waals surface area contributed by atoms with Gasteiger partial charge < -0.3 is 9.11 Å². The molecule has 0 heterocycles. The molecule has 0 aromatic carbocycles. The van der Waals surface area contributed by atoms with Crippen molar-refractivity contribution in [3.05, 3.63) is 0 Å².